The Balaban J connectivity index is 1.84. The minimum atomic E-state index is 0.0159. The molecule has 0 aromatic carbocycles. The standard InChI is InChI=1S/C13H20N2O2/c1-2-12(14)13-6-5-10(8-15-13)17-9-11-4-3-7-16-11/h5-6,8,11-12H,2-4,7,9,14H2,1H3/t11?,12-/m0/s1. The van der Waals surface area contributed by atoms with Gasteiger partial charge in [-0.1, -0.05) is 6.92 Å². The van der Waals surface area contributed by atoms with Crippen molar-refractivity contribution in [2.24, 2.45) is 5.73 Å². The van der Waals surface area contributed by atoms with Crippen LogP contribution in [0.15, 0.2) is 18.3 Å². The lowest BCUT2D eigenvalue weighted by Gasteiger charge is -2.12. The quantitative estimate of drug-likeness (QED) is 0.850. The van der Waals surface area contributed by atoms with E-state index in [2.05, 4.69) is 4.98 Å². The second-order valence-electron chi connectivity index (χ2n) is 4.38. The van der Waals surface area contributed by atoms with Crippen LogP contribution in [0.1, 0.15) is 37.9 Å². The van der Waals surface area contributed by atoms with Crippen molar-refractivity contribution in [2.75, 3.05) is 13.2 Å². The smallest absolute Gasteiger partial charge is 0.137 e. The molecule has 1 aliphatic rings. The number of hydrogen-bond acceptors (Lipinski definition) is 4. The highest BCUT2D eigenvalue weighted by atomic mass is 16.5. The minimum absolute atomic E-state index is 0.0159. The SMILES string of the molecule is CC[C@H](N)c1ccc(OCC2CCCO2)cn1. The fourth-order valence-corrected chi connectivity index (χ4v) is 1.87. The third-order valence-electron chi connectivity index (χ3n) is 3.04. The summed E-state index contributed by atoms with van der Waals surface area (Å²) in [5, 5.41) is 0. The van der Waals surface area contributed by atoms with E-state index in [-0.39, 0.29) is 12.1 Å². The zero-order chi connectivity index (χ0) is 12.1. The van der Waals surface area contributed by atoms with Crippen molar-refractivity contribution in [2.45, 2.75) is 38.3 Å². The van der Waals surface area contributed by atoms with Gasteiger partial charge in [0.1, 0.15) is 12.4 Å². The molecule has 1 aromatic rings. The number of nitrogens with zero attached hydrogens (tertiary/aromatic N) is 1. The van der Waals surface area contributed by atoms with Gasteiger partial charge in [-0.25, -0.2) is 0 Å². The van der Waals surface area contributed by atoms with Crippen molar-refractivity contribution >= 4 is 0 Å². The average molecular weight is 236 g/mol. The monoisotopic (exact) mass is 236 g/mol. The Morgan fingerprint density at radius 2 is 2.47 bits per heavy atom. The van der Waals surface area contributed by atoms with Gasteiger partial charge in [0.2, 0.25) is 0 Å². The molecule has 0 amide bonds. The van der Waals surface area contributed by atoms with Gasteiger partial charge in [0.15, 0.2) is 0 Å². The predicted octanol–water partition coefficient (Wildman–Crippen LogP) is 2.05. The van der Waals surface area contributed by atoms with Crippen LogP contribution in [0.2, 0.25) is 0 Å². The van der Waals surface area contributed by atoms with Gasteiger partial charge in [-0.05, 0) is 31.4 Å². The van der Waals surface area contributed by atoms with Crippen molar-refractivity contribution in [3.8, 4) is 5.75 Å². The van der Waals surface area contributed by atoms with Crippen LogP contribution < -0.4 is 10.5 Å². The molecule has 2 heterocycles. The molecular weight excluding hydrogens is 216 g/mol. The van der Waals surface area contributed by atoms with E-state index in [4.69, 9.17) is 15.2 Å². The Kier molecular flexibility index (Phi) is 4.34. The molecular formula is C13H20N2O2. The summed E-state index contributed by atoms with van der Waals surface area (Å²) in [6, 6.07) is 3.87. The van der Waals surface area contributed by atoms with Crippen LogP contribution in [-0.4, -0.2) is 24.3 Å². The number of rotatable bonds is 5. The lowest BCUT2D eigenvalue weighted by atomic mass is 10.1. The van der Waals surface area contributed by atoms with Crippen molar-refractivity contribution in [1.82, 2.24) is 4.98 Å². The fraction of sp³-hybridized carbons (Fsp3) is 0.615. The first kappa shape index (κ1) is 12.3. The minimum Gasteiger partial charge on any atom is -0.489 e. The Hall–Kier alpha value is -1.13. The molecule has 94 valence electrons. The van der Waals surface area contributed by atoms with Crippen molar-refractivity contribution in [3.05, 3.63) is 24.0 Å². The first-order valence-electron chi connectivity index (χ1n) is 6.25. The lowest BCUT2D eigenvalue weighted by Crippen LogP contribution is -2.16. The number of ether oxygens (including phenoxy) is 2. The molecule has 4 nitrogen and oxygen atoms in total. The van der Waals surface area contributed by atoms with E-state index in [1.54, 1.807) is 6.20 Å². The van der Waals surface area contributed by atoms with E-state index < -0.39 is 0 Å². The molecule has 0 aliphatic carbocycles. The third kappa shape index (κ3) is 3.41. The molecule has 1 aromatic heterocycles. The Morgan fingerprint density at radius 3 is 3.06 bits per heavy atom. The number of hydrogen-bond donors (Lipinski definition) is 1. The van der Waals surface area contributed by atoms with Gasteiger partial charge >= 0.3 is 0 Å². The summed E-state index contributed by atoms with van der Waals surface area (Å²) in [5.74, 6) is 0.785. The highest BCUT2D eigenvalue weighted by Crippen LogP contribution is 2.17. The molecule has 0 saturated carbocycles. The summed E-state index contributed by atoms with van der Waals surface area (Å²) in [5.41, 5.74) is 6.81. The molecule has 0 spiro atoms. The number of nitrogens with two attached hydrogens (primary N) is 1. The molecule has 2 atom stereocenters. The number of pyridine rings is 1. The van der Waals surface area contributed by atoms with Crippen LogP contribution >= 0.6 is 0 Å². The van der Waals surface area contributed by atoms with Gasteiger partial charge in [0.05, 0.1) is 18.0 Å². The molecule has 0 radical (unpaired) electrons. The predicted molar refractivity (Wildman–Crippen MR) is 65.9 cm³/mol. The molecule has 1 unspecified atom stereocenters. The second kappa shape index (κ2) is 5.98. The summed E-state index contributed by atoms with van der Waals surface area (Å²) >= 11 is 0. The Morgan fingerprint density at radius 1 is 1.59 bits per heavy atom. The number of aromatic nitrogens is 1. The van der Waals surface area contributed by atoms with Gasteiger partial charge in [0, 0.05) is 12.6 Å². The van der Waals surface area contributed by atoms with Gasteiger partial charge in [-0.2, -0.15) is 0 Å². The topological polar surface area (TPSA) is 57.4 Å². The highest BCUT2D eigenvalue weighted by molar-refractivity contribution is 5.21. The van der Waals surface area contributed by atoms with Gasteiger partial charge in [-0.15, -0.1) is 0 Å². The third-order valence-corrected chi connectivity index (χ3v) is 3.04. The van der Waals surface area contributed by atoms with Crippen LogP contribution in [0, 0.1) is 0 Å². The van der Waals surface area contributed by atoms with Crippen molar-refractivity contribution in [1.29, 1.82) is 0 Å². The van der Waals surface area contributed by atoms with E-state index in [9.17, 15) is 0 Å². The summed E-state index contributed by atoms with van der Waals surface area (Å²) in [6.45, 7) is 3.52. The summed E-state index contributed by atoms with van der Waals surface area (Å²) < 4.78 is 11.1. The van der Waals surface area contributed by atoms with E-state index >= 15 is 0 Å². The zero-order valence-electron chi connectivity index (χ0n) is 10.3. The maximum absolute atomic E-state index is 5.89. The molecule has 1 fully saturated rings. The first-order chi connectivity index (χ1) is 8.29. The van der Waals surface area contributed by atoms with Crippen LogP contribution in [0.5, 0.6) is 5.75 Å². The average Bonchev–Trinajstić information content (AvgIpc) is 2.89. The largest absolute Gasteiger partial charge is 0.489 e. The van der Waals surface area contributed by atoms with Crippen molar-refractivity contribution < 1.29 is 9.47 Å². The maximum atomic E-state index is 5.89. The van der Waals surface area contributed by atoms with Gasteiger partial charge in [0.25, 0.3) is 0 Å². The molecule has 2 N–H and O–H groups in total. The fourth-order valence-electron chi connectivity index (χ4n) is 1.87. The van der Waals surface area contributed by atoms with Crippen LogP contribution in [0.4, 0.5) is 0 Å². The molecule has 17 heavy (non-hydrogen) atoms. The Labute approximate surface area is 102 Å². The van der Waals surface area contributed by atoms with Crippen molar-refractivity contribution in [3.63, 3.8) is 0 Å². The van der Waals surface area contributed by atoms with E-state index in [0.717, 1.165) is 37.3 Å². The molecule has 2 rings (SSSR count). The molecule has 4 heteroatoms. The summed E-state index contributed by atoms with van der Waals surface area (Å²) in [6.07, 6.45) is 5.10. The van der Waals surface area contributed by atoms with Crippen LogP contribution in [-0.2, 0) is 4.74 Å². The molecule has 0 bridgehead atoms. The second-order valence-corrected chi connectivity index (χ2v) is 4.38. The lowest BCUT2D eigenvalue weighted by molar-refractivity contribution is 0.0678. The first-order valence-corrected chi connectivity index (χ1v) is 6.25. The van der Waals surface area contributed by atoms with Gasteiger partial charge in [-0.3, -0.25) is 4.98 Å². The Bertz CT molecular complexity index is 334. The normalized spacial score (nSPS) is 21.4. The zero-order valence-corrected chi connectivity index (χ0v) is 10.3. The molecule has 1 saturated heterocycles. The molecule has 1 aliphatic heterocycles. The van der Waals surface area contributed by atoms with Crippen LogP contribution in [0.3, 0.4) is 0 Å². The maximum Gasteiger partial charge on any atom is 0.137 e. The highest BCUT2D eigenvalue weighted by Gasteiger charge is 2.16. The van der Waals surface area contributed by atoms with Crippen LogP contribution in [0.25, 0.3) is 0 Å². The van der Waals surface area contributed by atoms with Gasteiger partial charge < -0.3 is 15.2 Å². The summed E-state index contributed by atoms with van der Waals surface area (Å²) in [7, 11) is 0. The van der Waals surface area contributed by atoms with E-state index in [0.29, 0.717) is 6.61 Å². The summed E-state index contributed by atoms with van der Waals surface area (Å²) in [4.78, 5) is 4.30. The van der Waals surface area contributed by atoms with E-state index in [1.165, 1.54) is 0 Å². The van der Waals surface area contributed by atoms with E-state index in [1.807, 2.05) is 19.1 Å².